The summed E-state index contributed by atoms with van der Waals surface area (Å²) in [5.74, 6) is 0. The van der Waals surface area contributed by atoms with Crippen molar-refractivity contribution >= 4 is 17.7 Å². The second-order valence-electron chi connectivity index (χ2n) is 3.85. The summed E-state index contributed by atoms with van der Waals surface area (Å²) in [5, 5.41) is 0. The highest BCUT2D eigenvalue weighted by Gasteiger charge is 2.13. The Bertz CT molecular complexity index is 359. The molecule has 1 unspecified atom stereocenters. The van der Waals surface area contributed by atoms with Crippen LogP contribution in [0.25, 0.3) is 6.08 Å². The lowest BCUT2D eigenvalue weighted by Crippen LogP contribution is -2.26. The lowest BCUT2D eigenvalue weighted by Gasteiger charge is -2.23. The summed E-state index contributed by atoms with van der Waals surface area (Å²) >= 11 is 6.23. The number of halogens is 1. The maximum atomic E-state index is 6.23. The molecule has 0 saturated heterocycles. The molecule has 0 fully saturated rings. The quantitative estimate of drug-likeness (QED) is 0.546. The van der Waals surface area contributed by atoms with E-state index in [4.69, 9.17) is 11.6 Å². The van der Waals surface area contributed by atoms with E-state index in [1.54, 1.807) is 0 Å². The van der Waals surface area contributed by atoms with Gasteiger partial charge in [-0.1, -0.05) is 42.8 Å². The summed E-state index contributed by atoms with van der Waals surface area (Å²) in [6.45, 7) is 3.12. The number of hydrogen-bond donors (Lipinski definition) is 0. The van der Waals surface area contributed by atoms with E-state index in [-0.39, 0.29) is 5.50 Å². The van der Waals surface area contributed by atoms with E-state index in [1.807, 2.05) is 0 Å². The Morgan fingerprint density at radius 1 is 1.40 bits per heavy atom. The van der Waals surface area contributed by atoms with Crippen molar-refractivity contribution in [2.24, 2.45) is 0 Å². The molecule has 0 spiro atoms. The minimum absolute atomic E-state index is 0.121. The molecule has 0 N–H and O–H groups in total. The molecule has 1 nitrogen and oxygen atoms in total. The molecule has 2 heteroatoms. The molecule has 2 rings (SSSR count). The third kappa shape index (κ3) is 2.35. The topological polar surface area (TPSA) is 3.24 Å². The van der Waals surface area contributed by atoms with Gasteiger partial charge in [-0.25, -0.2) is 0 Å². The van der Waals surface area contributed by atoms with Crippen LogP contribution in [0.3, 0.4) is 0 Å². The van der Waals surface area contributed by atoms with Crippen LogP contribution >= 0.6 is 11.6 Å². The third-order valence-electron chi connectivity index (χ3n) is 2.84. The van der Waals surface area contributed by atoms with E-state index >= 15 is 0 Å². The van der Waals surface area contributed by atoms with Crippen LogP contribution in [0.1, 0.15) is 24.5 Å². The number of alkyl halides is 1. The minimum Gasteiger partial charge on any atom is -0.361 e. The third-order valence-corrected chi connectivity index (χ3v) is 3.40. The zero-order valence-corrected chi connectivity index (χ0v) is 9.74. The van der Waals surface area contributed by atoms with Crippen LogP contribution in [0.2, 0.25) is 0 Å². The fraction of sp³-hybridized carbons (Fsp3) is 0.385. The predicted molar refractivity (Wildman–Crippen MR) is 65.8 cm³/mol. The highest BCUT2D eigenvalue weighted by atomic mass is 35.5. The van der Waals surface area contributed by atoms with E-state index in [2.05, 4.69) is 48.4 Å². The predicted octanol–water partition coefficient (Wildman–Crippen LogP) is 3.49. The number of hydrogen-bond acceptors (Lipinski definition) is 1. The molecule has 15 heavy (non-hydrogen) atoms. The van der Waals surface area contributed by atoms with Gasteiger partial charge in [0.05, 0.1) is 0 Å². The van der Waals surface area contributed by atoms with Crippen molar-refractivity contribution in [3.05, 3.63) is 41.6 Å². The van der Waals surface area contributed by atoms with Crippen molar-refractivity contribution in [3.8, 4) is 0 Å². The average molecular weight is 222 g/mol. The number of benzene rings is 1. The summed E-state index contributed by atoms with van der Waals surface area (Å²) in [4.78, 5) is 2.21. The monoisotopic (exact) mass is 221 g/mol. The fourth-order valence-corrected chi connectivity index (χ4v) is 2.06. The Kier molecular flexibility index (Phi) is 3.32. The summed E-state index contributed by atoms with van der Waals surface area (Å²) < 4.78 is 0. The molecule has 0 bridgehead atoms. The van der Waals surface area contributed by atoms with E-state index in [0.29, 0.717) is 0 Å². The largest absolute Gasteiger partial charge is 0.361 e. The van der Waals surface area contributed by atoms with Gasteiger partial charge in [0.15, 0.2) is 0 Å². The Balaban J connectivity index is 2.19. The van der Waals surface area contributed by atoms with Crippen molar-refractivity contribution in [1.82, 2.24) is 4.90 Å². The van der Waals surface area contributed by atoms with Gasteiger partial charge >= 0.3 is 0 Å². The molecule has 0 saturated carbocycles. The molecule has 1 aliphatic rings. The van der Waals surface area contributed by atoms with E-state index < -0.39 is 0 Å². The van der Waals surface area contributed by atoms with E-state index in [1.165, 1.54) is 11.1 Å². The second kappa shape index (κ2) is 4.71. The van der Waals surface area contributed by atoms with Crippen molar-refractivity contribution < 1.29 is 0 Å². The number of fused-ring (bicyclic) bond motifs is 1. The zero-order valence-electron chi connectivity index (χ0n) is 8.99. The van der Waals surface area contributed by atoms with Gasteiger partial charge in [0.1, 0.15) is 5.50 Å². The number of nitrogens with zero attached hydrogens (tertiary/aromatic N) is 1. The summed E-state index contributed by atoms with van der Waals surface area (Å²) in [6.07, 6.45) is 6.33. The first-order valence-electron chi connectivity index (χ1n) is 5.47. The van der Waals surface area contributed by atoms with Crippen LogP contribution in [-0.2, 0) is 6.42 Å². The first-order valence-corrected chi connectivity index (χ1v) is 5.91. The highest BCUT2D eigenvalue weighted by molar-refractivity contribution is 6.20. The van der Waals surface area contributed by atoms with Crippen LogP contribution < -0.4 is 0 Å². The molecule has 1 aliphatic heterocycles. The van der Waals surface area contributed by atoms with Crippen LogP contribution in [0.5, 0.6) is 0 Å². The average Bonchev–Trinajstić information content (AvgIpc) is 2.50. The van der Waals surface area contributed by atoms with Gasteiger partial charge in [0.2, 0.25) is 0 Å². The van der Waals surface area contributed by atoms with E-state index in [9.17, 15) is 0 Å². The Labute approximate surface area is 96.4 Å². The van der Waals surface area contributed by atoms with Crippen LogP contribution in [0.15, 0.2) is 30.5 Å². The van der Waals surface area contributed by atoms with Gasteiger partial charge in [-0.15, -0.1) is 0 Å². The van der Waals surface area contributed by atoms with Gasteiger partial charge in [-0.3, -0.25) is 0 Å². The van der Waals surface area contributed by atoms with Gasteiger partial charge in [0, 0.05) is 12.7 Å². The highest BCUT2D eigenvalue weighted by Crippen LogP contribution is 2.19. The van der Waals surface area contributed by atoms with Crippen molar-refractivity contribution in [2.75, 3.05) is 6.54 Å². The Hall–Kier alpha value is -0.950. The van der Waals surface area contributed by atoms with Gasteiger partial charge < -0.3 is 4.90 Å². The second-order valence-corrected chi connectivity index (χ2v) is 4.35. The van der Waals surface area contributed by atoms with Crippen LogP contribution in [-0.4, -0.2) is 16.9 Å². The lowest BCUT2D eigenvalue weighted by molar-refractivity contribution is 0.349. The van der Waals surface area contributed by atoms with Crippen LogP contribution in [0.4, 0.5) is 0 Å². The zero-order chi connectivity index (χ0) is 10.7. The molecule has 0 aromatic heterocycles. The Morgan fingerprint density at radius 2 is 2.20 bits per heavy atom. The molecule has 0 amide bonds. The summed E-state index contributed by atoms with van der Waals surface area (Å²) in [7, 11) is 0. The molecular weight excluding hydrogens is 206 g/mol. The maximum absolute atomic E-state index is 6.23. The molecule has 1 aromatic rings. The van der Waals surface area contributed by atoms with Crippen molar-refractivity contribution in [3.63, 3.8) is 0 Å². The maximum Gasteiger partial charge on any atom is 0.103 e. The molecule has 80 valence electrons. The summed E-state index contributed by atoms with van der Waals surface area (Å²) in [5.41, 5.74) is 2.85. The standard InChI is InChI=1S/C13H16ClN/c1-2-13(14)15-9-7-11-5-3-4-6-12(11)8-10-15/h3-7,9,13H,2,8,10H2,1H3. The molecule has 0 radical (unpaired) electrons. The van der Waals surface area contributed by atoms with Gasteiger partial charge in [0.25, 0.3) is 0 Å². The lowest BCUT2D eigenvalue weighted by atomic mass is 10.1. The fourth-order valence-electron chi connectivity index (χ4n) is 1.89. The normalized spacial score (nSPS) is 17.1. The van der Waals surface area contributed by atoms with Gasteiger partial charge in [-0.05, 0) is 30.0 Å². The first kappa shape index (κ1) is 10.6. The minimum atomic E-state index is 0.121. The SMILES string of the molecule is CCC(Cl)N1C=Cc2ccccc2CC1. The molecule has 1 atom stereocenters. The first-order chi connectivity index (χ1) is 7.31. The van der Waals surface area contributed by atoms with Crippen molar-refractivity contribution in [1.29, 1.82) is 0 Å². The Morgan fingerprint density at radius 3 is 3.00 bits per heavy atom. The summed E-state index contributed by atoms with van der Waals surface area (Å²) in [6, 6.07) is 8.53. The molecule has 0 aliphatic carbocycles. The number of rotatable bonds is 2. The van der Waals surface area contributed by atoms with E-state index in [0.717, 1.165) is 19.4 Å². The smallest absolute Gasteiger partial charge is 0.103 e. The molecule has 1 heterocycles. The van der Waals surface area contributed by atoms with Gasteiger partial charge in [-0.2, -0.15) is 0 Å². The van der Waals surface area contributed by atoms with Crippen molar-refractivity contribution in [2.45, 2.75) is 25.3 Å². The molecular formula is C13H16ClN. The molecule has 1 aromatic carbocycles. The van der Waals surface area contributed by atoms with Crippen LogP contribution in [0, 0.1) is 0 Å².